The molecule has 0 spiro atoms. The van der Waals surface area contributed by atoms with Crippen LogP contribution in [-0.2, 0) is 19.1 Å². The number of benzene rings is 1. The molecule has 1 N–H and O–H groups in total. The van der Waals surface area contributed by atoms with Crippen LogP contribution < -0.4 is 4.74 Å². The monoisotopic (exact) mass is 245 g/mol. The second-order valence-corrected chi connectivity index (χ2v) is 4.63. The maximum atomic E-state index is 10.9. The topological polar surface area (TPSA) is 60.2 Å². The molecule has 1 aromatic carbocycles. The van der Waals surface area contributed by atoms with Crippen LogP contribution in [0.15, 0.2) is 24.4 Å². The van der Waals surface area contributed by atoms with Crippen LogP contribution in [0.1, 0.15) is 23.2 Å². The predicted molar refractivity (Wildman–Crippen MR) is 65.3 cm³/mol. The van der Waals surface area contributed by atoms with Crippen molar-refractivity contribution in [2.45, 2.75) is 18.4 Å². The fourth-order valence-corrected chi connectivity index (χ4v) is 2.67. The molecule has 18 heavy (non-hydrogen) atoms. The van der Waals surface area contributed by atoms with Gasteiger partial charge >= 0.3 is 0 Å². The van der Waals surface area contributed by atoms with Crippen LogP contribution in [0.3, 0.4) is 0 Å². The first-order valence-electron chi connectivity index (χ1n) is 5.90. The van der Waals surface area contributed by atoms with Crippen LogP contribution >= 0.6 is 0 Å². The van der Waals surface area contributed by atoms with Gasteiger partial charge < -0.3 is 9.84 Å². The van der Waals surface area contributed by atoms with Gasteiger partial charge in [0.05, 0.1) is 19.0 Å². The summed E-state index contributed by atoms with van der Waals surface area (Å²) in [5.41, 5.74) is 1.75. The molecule has 94 valence electrons. The lowest BCUT2D eigenvalue weighted by atomic mass is 9.92. The van der Waals surface area contributed by atoms with Crippen molar-refractivity contribution in [3.05, 3.63) is 41.2 Å². The van der Waals surface area contributed by atoms with Gasteiger partial charge in [0.15, 0.2) is 0 Å². The van der Waals surface area contributed by atoms with Crippen LogP contribution in [0.4, 0.5) is 0 Å². The Balaban J connectivity index is 2.16. The Labute approximate surface area is 105 Å². The number of nitrogens with zero attached hydrogens (tertiary/aromatic N) is 3. The van der Waals surface area contributed by atoms with E-state index < -0.39 is 5.60 Å². The van der Waals surface area contributed by atoms with E-state index in [0.29, 0.717) is 6.42 Å². The molecule has 0 aliphatic heterocycles. The largest absolute Gasteiger partial charge is 0.497 e. The van der Waals surface area contributed by atoms with Crippen LogP contribution in [0.25, 0.3) is 0 Å². The van der Waals surface area contributed by atoms with E-state index in [1.54, 1.807) is 25.0 Å². The highest BCUT2D eigenvalue weighted by Gasteiger charge is 2.41. The Bertz CT molecular complexity index is 594. The molecular weight excluding hydrogens is 230 g/mol. The molecule has 1 aliphatic carbocycles. The second-order valence-electron chi connectivity index (χ2n) is 4.63. The van der Waals surface area contributed by atoms with Crippen LogP contribution in [0.2, 0.25) is 0 Å². The van der Waals surface area contributed by atoms with E-state index in [4.69, 9.17) is 4.74 Å². The zero-order valence-electron chi connectivity index (χ0n) is 10.4. The molecule has 1 atom stereocenters. The number of fused-ring (bicyclic) bond motifs is 1. The van der Waals surface area contributed by atoms with E-state index >= 15 is 0 Å². The zero-order chi connectivity index (χ0) is 12.8. The van der Waals surface area contributed by atoms with E-state index in [1.165, 1.54) is 0 Å². The second kappa shape index (κ2) is 3.81. The van der Waals surface area contributed by atoms with Crippen molar-refractivity contribution >= 4 is 0 Å². The highest BCUT2D eigenvalue weighted by molar-refractivity contribution is 5.46. The van der Waals surface area contributed by atoms with Gasteiger partial charge in [-0.2, -0.15) is 0 Å². The van der Waals surface area contributed by atoms with Crippen molar-refractivity contribution in [2.75, 3.05) is 7.11 Å². The zero-order valence-corrected chi connectivity index (χ0v) is 10.4. The molecule has 0 radical (unpaired) electrons. The summed E-state index contributed by atoms with van der Waals surface area (Å²) >= 11 is 0. The molecule has 3 rings (SSSR count). The molecule has 0 saturated heterocycles. The Kier molecular flexibility index (Phi) is 2.38. The van der Waals surface area contributed by atoms with E-state index in [0.717, 1.165) is 29.0 Å². The lowest BCUT2D eigenvalue weighted by Crippen LogP contribution is -2.27. The summed E-state index contributed by atoms with van der Waals surface area (Å²) in [5, 5.41) is 18.7. The summed E-state index contributed by atoms with van der Waals surface area (Å²) in [6.07, 6.45) is 3.12. The SMILES string of the molecule is COc1ccc2c(c1)C(O)(c1cnnn1C)CC2. The standard InChI is InChI=1S/C13H15N3O2/c1-16-12(8-14-15-16)13(17)6-5-9-3-4-10(18-2)7-11(9)13/h3-4,7-8,17H,5-6H2,1-2H3. The first-order chi connectivity index (χ1) is 8.65. The van der Waals surface area contributed by atoms with Gasteiger partial charge in [0.2, 0.25) is 0 Å². The molecular formula is C13H15N3O2. The number of hydrogen-bond donors (Lipinski definition) is 1. The van der Waals surface area contributed by atoms with Crippen molar-refractivity contribution in [1.29, 1.82) is 0 Å². The minimum absolute atomic E-state index is 0.650. The number of aliphatic hydroxyl groups is 1. The Morgan fingerprint density at radius 2 is 2.28 bits per heavy atom. The maximum Gasteiger partial charge on any atom is 0.133 e. The van der Waals surface area contributed by atoms with Gasteiger partial charge in [0.25, 0.3) is 0 Å². The number of rotatable bonds is 2. The van der Waals surface area contributed by atoms with Gasteiger partial charge in [-0.1, -0.05) is 11.3 Å². The fraction of sp³-hybridized carbons (Fsp3) is 0.385. The quantitative estimate of drug-likeness (QED) is 0.857. The number of aryl methyl sites for hydroxylation is 2. The van der Waals surface area contributed by atoms with Gasteiger partial charge in [-0.15, -0.1) is 5.10 Å². The lowest BCUT2D eigenvalue weighted by Gasteiger charge is -2.23. The van der Waals surface area contributed by atoms with Gasteiger partial charge in [0.1, 0.15) is 11.4 Å². The number of aromatic nitrogens is 3. The normalized spacial score (nSPS) is 21.9. The molecule has 1 aliphatic rings. The molecule has 0 fully saturated rings. The Morgan fingerprint density at radius 3 is 2.94 bits per heavy atom. The van der Waals surface area contributed by atoms with Gasteiger partial charge in [0, 0.05) is 7.05 Å². The number of ether oxygens (including phenoxy) is 1. The number of hydrogen-bond acceptors (Lipinski definition) is 4. The highest BCUT2D eigenvalue weighted by atomic mass is 16.5. The smallest absolute Gasteiger partial charge is 0.133 e. The van der Waals surface area contributed by atoms with E-state index in [2.05, 4.69) is 10.3 Å². The van der Waals surface area contributed by atoms with Gasteiger partial charge in [-0.3, -0.25) is 0 Å². The lowest BCUT2D eigenvalue weighted by molar-refractivity contribution is 0.0738. The maximum absolute atomic E-state index is 10.9. The Morgan fingerprint density at radius 1 is 1.44 bits per heavy atom. The molecule has 0 saturated carbocycles. The van der Waals surface area contributed by atoms with E-state index in [1.807, 2.05) is 18.2 Å². The van der Waals surface area contributed by atoms with Crippen LogP contribution in [0, 0.1) is 0 Å². The van der Waals surface area contributed by atoms with Crippen molar-refractivity contribution < 1.29 is 9.84 Å². The van der Waals surface area contributed by atoms with E-state index in [-0.39, 0.29) is 0 Å². The van der Waals surface area contributed by atoms with Crippen LogP contribution in [-0.4, -0.2) is 27.2 Å². The molecule has 1 aromatic heterocycles. The summed E-state index contributed by atoms with van der Waals surface area (Å²) in [5.74, 6) is 0.754. The predicted octanol–water partition coefficient (Wildman–Crippen LogP) is 1.01. The summed E-state index contributed by atoms with van der Waals surface area (Å²) in [7, 11) is 3.42. The molecule has 1 unspecified atom stereocenters. The summed E-state index contributed by atoms with van der Waals surface area (Å²) < 4.78 is 6.85. The van der Waals surface area contributed by atoms with Crippen LogP contribution in [0.5, 0.6) is 5.75 Å². The fourth-order valence-electron chi connectivity index (χ4n) is 2.67. The van der Waals surface area contributed by atoms with Crippen molar-refractivity contribution in [3.63, 3.8) is 0 Å². The number of methoxy groups -OCH3 is 1. The van der Waals surface area contributed by atoms with Gasteiger partial charge in [-0.05, 0) is 36.1 Å². The molecule has 5 heteroatoms. The van der Waals surface area contributed by atoms with Crippen molar-refractivity contribution in [2.24, 2.45) is 7.05 Å². The third kappa shape index (κ3) is 1.44. The summed E-state index contributed by atoms with van der Waals surface area (Å²) in [6, 6.07) is 5.83. The average molecular weight is 245 g/mol. The average Bonchev–Trinajstić information content (AvgIpc) is 2.95. The first-order valence-corrected chi connectivity index (χ1v) is 5.90. The van der Waals surface area contributed by atoms with Crippen molar-refractivity contribution in [1.82, 2.24) is 15.0 Å². The Hall–Kier alpha value is -1.88. The van der Waals surface area contributed by atoms with Crippen molar-refractivity contribution in [3.8, 4) is 5.75 Å². The molecule has 0 bridgehead atoms. The first kappa shape index (κ1) is 11.2. The summed E-state index contributed by atoms with van der Waals surface area (Å²) in [6.45, 7) is 0. The molecule has 0 amide bonds. The third-order valence-corrected chi connectivity index (χ3v) is 3.66. The molecule has 5 nitrogen and oxygen atoms in total. The third-order valence-electron chi connectivity index (χ3n) is 3.66. The minimum atomic E-state index is -1.01. The molecule has 2 aromatic rings. The molecule has 1 heterocycles. The summed E-state index contributed by atoms with van der Waals surface area (Å²) in [4.78, 5) is 0. The van der Waals surface area contributed by atoms with Gasteiger partial charge in [-0.25, -0.2) is 4.68 Å². The minimum Gasteiger partial charge on any atom is -0.497 e. The van der Waals surface area contributed by atoms with E-state index in [9.17, 15) is 5.11 Å². The highest BCUT2D eigenvalue weighted by Crippen LogP contribution is 2.42.